The van der Waals surface area contributed by atoms with Gasteiger partial charge in [0.15, 0.2) is 0 Å². The zero-order chi connectivity index (χ0) is 15.6. The van der Waals surface area contributed by atoms with E-state index in [1.54, 1.807) is 0 Å². The lowest BCUT2D eigenvalue weighted by Crippen LogP contribution is -2.36. The van der Waals surface area contributed by atoms with Gasteiger partial charge in [0.2, 0.25) is 0 Å². The Morgan fingerprint density at radius 1 is 1.15 bits per heavy atom. The van der Waals surface area contributed by atoms with Gasteiger partial charge in [0.25, 0.3) is 0 Å². The summed E-state index contributed by atoms with van der Waals surface area (Å²) in [7, 11) is 0. The lowest BCUT2D eigenvalue weighted by Gasteiger charge is -2.29. The maximum absolute atomic E-state index is 12.0. The molecule has 0 aliphatic carbocycles. The third kappa shape index (κ3) is 5.38. The van der Waals surface area contributed by atoms with Gasteiger partial charge in [-0.1, -0.05) is 32.9 Å². The van der Waals surface area contributed by atoms with Crippen LogP contribution in [0.3, 0.4) is 0 Å². The van der Waals surface area contributed by atoms with Crippen LogP contribution in [0.5, 0.6) is 5.75 Å². The normalized spacial score (nSPS) is 15.8. The first-order chi connectivity index (χ1) is 8.99. The molecule has 0 aliphatic rings. The largest absolute Gasteiger partial charge is 0.573 e. The molecule has 114 valence electrons. The van der Waals surface area contributed by atoms with Crippen LogP contribution in [0.15, 0.2) is 24.3 Å². The fourth-order valence-electron chi connectivity index (χ4n) is 1.62. The molecule has 0 aliphatic heterocycles. The minimum Gasteiger partial charge on any atom is -0.406 e. The van der Waals surface area contributed by atoms with Crippen molar-refractivity contribution in [1.29, 1.82) is 0 Å². The first kappa shape index (κ1) is 16.8. The van der Waals surface area contributed by atoms with E-state index < -0.39 is 12.5 Å². The second kappa shape index (κ2) is 6.01. The Morgan fingerprint density at radius 2 is 1.65 bits per heavy atom. The number of halogens is 3. The van der Waals surface area contributed by atoms with E-state index in [0.717, 1.165) is 0 Å². The van der Waals surface area contributed by atoms with Gasteiger partial charge in [0, 0.05) is 6.04 Å². The van der Waals surface area contributed by atoms with Crippen LogP contribution in [-0.2, 0) is 0 Å². The molecular weight excluding hydrogens is 271 g/mol. The molecule has 2 atom stereocenters. The van der Waals surface area contributed by atoms with Crippen LogP contribution in [0.1, 0.15) is 38.9 Å². The zero-order valence-corrected chi connectivity index (χ0v) is 11.7. The van der Waals surface area contributed by atoms with Gasteiger partial charge in [-0.25, -0.2) is 0 Å². The molecule has 0 heterocycles. The average molecular weight is 291 g/mol. The van der Waals surface area contributed by atoms with Crippen LogP contribution < -0.4 is 10.5 Å². The van der Waals surface area contributed by atoms with E-state index in [0.29, 0.717) is 12.0 Å². The molecule has 6 heteroatoms. The van der Waals surface area contributed by atoms with Gasteiger partial charge in [-0.15, -0.1) is 13.2 Å². The van der Waals surface area contributed by atoms with Crippen LogP contribution in [0.2, 0.25) is 0 Å². The molecule has 0 spiro atoms. The minimum atomic E-state index is -4.71. The molecule has 0 unspecified atom stereocenters. The number of alkyl halides is 3. The Hall–Kier alpha value is -1.27. The van der Waals surface area contributed by atoms with Crippen molar-refractivity contribution in [2.75, 3.05) is 0 Å². The zero-order valence-electron chi connectivity index (χ0n) is 11.7. The molecule has 0 aromatic heterocycles. The average Bonchev–Trinajstić information content (AvgIpc) is 2.26. The van der Waals surface area contributed by atoms with Crippen LogP contribution in [0.4, 0.5) is 13.2 Å². The summed E-state index contributed by atoms with van der Waals surface area (Å²) in [6.45, 7) is 5.89. The van der Waals surface area contributed by atoms with Gasteiger partial charge in [-0.05, 0) is 29.5 Å². The smallest absolute Gasteiger partial charge is 0.406 e. The van der Waals surface area contributed by atoms with Crippen molar-refractivity contribution >= 4 is 0 Å². The van der Waals surface area contributed by atoms with Crippen LogP contribution >= 0.6 is 0 Å². The number of nitrogens with two attached hydrogens (primary N) is 1. The van der Waals surface area contributed by atoms with Crippen LogP contribution in [0, 0.1) is 5.41 Å². The Balaban J connectivity index is 2.69. The molecule has 20 heavy (non-hydrogen) atoms. The molecular formula is C14H20F3NO2. The highest BCUT2D eigenvalue weighted by Crippen LogP contribution is 2.28. The maximum atomic E-state index is 12.0. The lowest BCUT2D eigenvalue weighted by molar-refractivity contribution is -0.274. The molecule has 1 rings (SSSR count). The van der Waals surface area contributed by atoms with E-state index in [2.05, 4.69) is 4.74 Å². The Labute approximate surface area is 116 Å². The third-order valence-corrected chi connectivity index (χ3v) is 3.09. The van der Waals surface area contributed by atoms with Crippen molar-refractivity contribution in [3.8, 4) is 5.75 Å². The second-order valence-electron chi connectivity index (χ2n) is 5.84. The minimum absolute atomic E-state index is 0.152. The van der Waals surface area contributed by atoms with E-state index in [-0.39, 0.29) is 17.2 Å². The molecule has 0 bridgehead atoms. The van der Waals surface area contributed by atoms with Gasteiger partial charge < -0.3 is 15.6 Å². The summed E-state index contributed by atoms with van der Waals surface area (Å²) >= 11 is 0. The first-order valence-corrected chi connectivity index (χ1v) is 6.28. The van der Waals surface area contributed by atoms with Crippen molar-refractivity contribution < 1.29 is 23.0 Å². The highest BCUT2D eigenvalue weighted by atomic mass is 19.4. The molecule has 0 radical (unpaired) electrons. The number of aliphatic hydroxyl groups is 1. The highest BCUT2D eigenvalue weighted by molar-refractivity contribution is 5.28. The van der Waals surface area contributed by atoms with Gasteiger partial charge in [-0.2, -0.15) is 0 Å². The van der Waals surface area contributed by atoms with Gasteiger partial charge in [-0.3, -0.25) is 0 Å². The molecule has 3 N–H and O–H groups in total. The van der Waals surface area contributed by atoms with Crippen molar-refractivity contribution in [3.63, 3.8) is 0 Å². The molecule has 1 aromatic carbocycles. The Morgan fingerprint density at radius 3 is 2.05 bits per heavy atom. The van der Waals surface area contributed by atoms with E-state index in [4.69, 9.17) is 5.73 Å². The van der Waals surface area contributed by atoms with Crippen molar-refractivity contribution in [1.82, 2.24) is 0 Å². The summed E-state index contributed by atoms with van der Waals surface area (Å²) < 4.78 is 39.8. The van der Waals surface area contributed by atoms with Crippen molar-refractivity contribution in [2.45, 2.75) is 45.7 Å². The number of hydrogen-bond donors (Lipinski definition) is 2. The second-order valence-corrected chi connectivity index (χ2v) is 5.84. The summed E-state index contributed by atoms with van der Waals surface area (Å²) in [6.07, 6.45) is -5.19. The fraction of sp³-hybridized carbons (Fsp3) is 0.571. The summed E-state index contributed by atoms with van der Waals surface area (Å²) in [5.74, 6) is -0.312. The van der Waals surface area contributed by atoms with E-state index in [9.17, 15) is 18.3 Å². The molecule has 0 fully saturated rings. The van der Waals surface area contributed by atoms with E-state index in [1.165, 1.54) is 24.3 Å². The molecule has 0 amide bonds. The first-order valence-electron chi connectivity index (χ1n) is 6.28. The Kier molecular flexibility index (Phi) is 5.05. The van der Waals surface area contributed by atoms with Crippen LogP contribution in [0.25, 0.3) is 0 Å². The quantitative estimate of drug-likeness (QED) is 0.894. The topological polar surface area (TPSA) is 55.5 Å². The van der Waals surface area contributed by atoms with Crippen molar-refractivity contribution in [2.24, 2.45) is 11.1 Å². The van der Waals surface area contributed by atoms with Crippen molar-refractivity contribution in [3.05, 3.63) is 29.8 Å². The molecule has 0 saturated heterocycles. The lowest BCUT2D eigenvalue weighted by atomic mass is 9.83. The van der Waals surface area contributed by atoms with Gasteiger partial charge in [0.05, 0.1) is 6.10 Å². The highest BCUT2D eigenvalue weighted by Gasteiger charge is 2.31. The number of rotatable bonds is 4. The van der Waals surface area contributed by atoms with E-state index in [1.807, 2.05) is 20.8 Å². The number of aliphatic hydroxyl groups excluding tert-OH is 1. The Bertz CT molecular complexity index is 424. The molecule has 0 saturated carbocycles. The standard InChI is InChI=1S/C14H20F3NO2/c1-13(2,3)12(18)8-11(19)9-4-6-10(7-5-9)20-14(15,16)17/h4-7,11-12,19H,8,18H2,1-3H3/t11-,12-/m0/s1. The summed E-state index contributed by atoms with van der Waals surface area (Å²) in [5.41, 5.74) is 6.33. The predicted octanol–water partition coefficient (Wildman–Crippen LogP) is 3.38. The third-order valence-electron chi connectivity index (χ3n) is 3.09. The van der Waals surface area contributed by atoms with Gasteiger partial charge in [0.1, 0.15) is 5.75 Å². The SMILES string of the molecule is CC(C)(C)[C@@H](N)C[C@H](O)c1ccc(OC(F)(F)F)cc1. The number of ether oxygens (including phenoxy) is 1. The molecule has 1 aromatic rings. The summed E-state index contributed by atoms with van der Waals surface area (Å²) in [4.78, 5) is 0. The monoisotopic (exact) mass is 291 g/mol. The fourth-order valence-corrected chi connectivity index (χ4v) is 1.62. The summed E-state index contributed by atoms with van der Waals surface area (Å²) in [5, 5.41) is 10.0. The number of hydrogen-bond acceptors (Lipinski definition) is 3. The predicted molar refractivity (Wildman–Crippen MR) is 70.1 cm³/mol. The van der Waals surface area contributed by atoms with Gasteiger partial charge >= 0.3 is 6.36 Å². The number of benzene rings is 1. The maximum Gasteiger partial charge on any atom is 0.573 e. The van der Waals surface area contributed by atoms with Crippen LogP contribution in [-0.4, -0.2) is 17.5 Å². The molecule has 3 nitrogen and oxygen atoms in total. The summed E-state index contributed by atoms with van der Waals surface area (Å²) in [6, 6.07) is 4.94. The van der Waals surface area contributed by atoms with E-state index >= 15 is 0 Å².